The molecule has 1 aromatic heterocycles. The lowest BCUT2D eigenvalue weighted by Gasteiger charge is -2.34. The van der Waals surface area contributed by atoms with E-state index in [1.807, 2.05) is 24.4 Å². The third-order valence-corrected chi connectivity index (χ3v) is 3.33. The Morgan fingerprint density at radius 3 is 3.18 bits per heavy atom. The van der Waals surface area contributed by atoms with Gasteiger partial charge in [0.25, 0.3) is 0 Å². The highest BCUT2D eigenvalue weighted by atomic mass is 16.5. The van der Waals surface area contributed by atoms with Gasteiger partial charge in [0.2, 0.25) is 0 Å². The number of nitrogens with one attached hydrogen (secondary N) is 2. The lowest BCUT2D eigenvalue weighted by atomic mass is 9.96. The molecule has 1 atom stereocenters. The Labute approximate surface area is 100 Å². The van der Waals surface area contributed by atoms with Crippen LogP contribution in [0.15, 0.2) is 24.4 Å². The fraction of sp³-hybridized carbons (Fsp3) is 0.462. The van der Waals surface area contributed by atoms with Gasteiger partial charge in [-0.15, -0.1) is 0 Å². The van der Waals surface area contributed by atoms with Gasteiger partial charge >= 0.3 is 0 Å². The van der Waals surface area contributed by atoms with Gasteiger partial charge in [-0.3, -0.25) is 5.10 Å². The maximum absolute atomic E-state index is 6.12. The minimum absolute atomic E-state index is 0.0876. The van der Waals surface area contributed by atoms with Gasteiger partial charge < -0.3 is 10.1 Å². The van der Waals surface area contributed by atoms with Crippen molar-refractivity contribution in [3.8, 4) is 5.75 Å². The van der Waals surface area contributed by atoms with Crippen LogP contribution in [-0.4, -0.2) is 28.9 Å². The molecule has 1 aliphatic rings. The average molecular weight is 231 g/mol. The molecule has 1 fully saturated rings. The molecule has 2 aromatic rings. The monoisotopic (exact) mass is 231 g/mol. The Bertz CT molecular complexity index is 514. The van der Waals surface area contributed by atoms with E-state index in [0.29, 0.717) is 0 Å². The quantitative estimate of drug-likeness (QED) is 0.832. The molecule has 2 heterocycles. The second kappa shape index (κ2) is 4.04. The van der Waals surface area contributed by atoms with Crippen LogP contribution in [0.1, 0.15) is 19.8 Å². The maximum atomic E-state index is 6.12. The second-order valence-electron chi connectivity index (χ2n) is 4.95. The fourth-order valence-corrected chi connectivity index (χ4v) is 2.38. The molecule has 2 N–H and O–H groups in total. The molecule has 0 spiro atoms. The molecular weight excluding hydrogens is 214 g/mol. The summed E-state index contributed by atoms with van der Waals surface area (Å²) in [4.78, 5) is 0. The summed E-state index contributed by atoms with van der Waals surface area (Å²) in [5.74, 6) is 0.921. The molecule has 3 rings (SSSR count). The Morgan fingerprint density at radius 2 is 2.35 bits per heavy atom. The van der Waals surface area contributed by atoms with Crippen molar-refractivity contribution in [3.05, 3.63) is 24.4 Å². The van der Waals surface area contributed by atoms with E-state index in [1.165, 1.54) is 6.42 Å². The minimum Gasteiger partial charge on any atom is -0.486 e. The van der Waals surface area contributed by atoms with Gasteiger partial charge in [-0.25, -0.2) is 0 Å². The zero-order valence-electron chi connectivity index (χ0n) is 9.99. The average Bonchev–Trinajstić information content (AvgIpc) is 2.76. The smallest absolute Gasteiger partial charge is 0.121 e. The molecule has 1 aromatic carbocycles. The van der Waals surface area contributed by atoms with Crippen LogP contribution in [0.4, 0.5) is 0 Å². The normalized spacial score (nSPS) is 25.0. The predicted molar refractivity (Wildman–Crippen MR) is 67.2 cm³/mol. The summed E-state index contributed by atoms with van der Waals surface area (Å²) in [5.41, 5.74) is 0.958. The summed E-state index contributed by atoms with van der Waals surface area (Å²) in [7, 11) is 0. The van der Waals surface area contributed by atoms with Crippen molar-refractivity contribution in [2.75, 3.05) is 13.1 Å². The molecular formula is C13H17N3O. The summed E-state index contributed by atoms with van der Waals surface area (Å²) in [6.07, 6.45) is 4.09. The van der Waals surface area contributed by atoms with Crippen LogP contribution in [0.5, 0.6) is 5.75 Å². The highest BCUT2D eigenvalue weighted by Crippen LogP contribution is 2.26. The van der Waals surface area contributed by atoms with E-state index < -0.39 is 0 Å². The number of nitrogens with zero attached hydrogens (tertiary/aromatic N) is 1. The van der Waals surface area contributed by atoms with Crippen LogP contribution in [0.25, 0.3) is 10.9 Å². The van der Waals surface area contributed by atoms with E-state index in [2.05, 4.69) is 22.4 Å². The van der Waals surface area contributed by atoms with Crippen LogP contribution in [0.3, 0.4) is 0 Å². The number of benzene rings is 1. The number of ether oxygens (including phenoxy) is 1. The van der Waals surface area contributed by atoms with Crippen LogP contribution < -0.4 is 10.1 Å². The predicted octanol–water partition coefficient (Wildman–Crippen LogP) is 2.08. The molecule has 4 heteroatoms. The Hall–Kier alpha value is -1.55. The molecule has 0 amide bonds. The first-order valence-electron chi connectivity index (χ1n) is 6.08. The molecule has 17 heavy (non-hydrogen) atoms. The van der Waals surface area contributed by atoms with E-state index in [4.69, 9.17) is 4.74 Å². The third-order valence-electron chi connectivity index (χ3n) is 3.33. The zero-order valence-corrected chi connectivity index (χ0v) is 9.99. The lowest BCUT2D eigenvalue weighted by molar-refractivity contribution is 0.0616. The van der Waals surface area contributed by atoms with E-state index in [1.54, 1.807) is 0 Å². The summed E-state index contributed by atoms with van der Waals surface area (Å²) >= 11 is 0. The number of piperidine rings is 1. The fourth-order valence-electron chi connectivity index (χ4n) is 2.38. The molecule has 0 radical (unpaired) electrons. The van der Waals surface area contributed by atoms with Crippen molar-refractivity contribution in [1.29, 1.82) is 0 Å². The number of aromatic amines is 1. The van der Waals surface area contributed by atoms with Crippen molar-refractivity contribution in [2.45, 2.75) is 25.4 Å². The number of hydrogen-bond acceptors (Lipinski definition) is 3. The van der Waals surface area contributed by atoms with Crippen LogP contribution in [-0.2, 0) is 0 Å². The van der Waals surface area contributed by atoms with Crippen molar-refractivity contribution in [1.82, 2.24) is 15.5 Å². The Morgan fingerprint density at radius 1 is 1.41 bits per heavy atom. The van der Waals surface area contributed by atoms with Crippen LogP contribution in [0, 0.1) is 0 Å². The van der Waals surface area contributed by atoms with E-state index in [-0.39, 0.29) is 5.60 Å². The maximum Gasteiger partial charge on any atom is 0.121 e. The van der Waals surface area contributed by atoms with Crippen LogP contribution >= 0.6 is 0 Å². The lowest BCUT2D eigenvalue weighted by Crippen LogP contribution is -2.47. The largest absolute Gasteiger partial charge is 0.486 e. The highest BCUT2D eigenvalue weighted by molar-refractivity contribution is 5.79. The van der Waals surface area contributed by atoms with Gasteiger partial charge in [0.15, 0.2) is 0 Å². The molecule has 0 aliphatic carbocycles. The standard InChI is InChI=1S/C13H17N3O/c1-13(5-2-6-14-9-13)17-11-3-4-12-10(7-11)8-15-16-12/h3-4,7-8,14H,2,5-6,9H2,1H3,(H,15,16). The van der Waals surface area contributed by atoms with E-state index in [0.717, 1.165) is 36.2 Å². The number of hydrogen-bond donors (Lipinski definition) is 2. The summed E-state index contributed by atoms with van der Waals surface area (Å²) in [5, 5.41) is 11.4. The number of H-pyrrole nitrogens is 1. The number of rotatable bonds is 2. The summed E-state index contributed by atoms with van der Waals surface area (Å²) < 4.78 is 6.12. The van der Waals surface area contributed by atoms with Gasteiger partial charge in [0.05, 0.1) is 11.7 Å². The molecule has 4 nitrogen and oxygen atoms in total. The molecule has 90 valence electrons. The van der Waals surface area contributed by atoms with Crippen molar-refractivity contribution >= 4 is 10.9 Å². The first-order valence-corrected chi connectivity index (χ1v) is 6.08. The SMILES string of the molecule is CC1(Oc2ccc3[nH]ncc3c2)CCCNC1. The van der Waals surface area contributed by atoms with E-state index >= 15 is 0 Å². The van der Waals surface area contributed by atoms with Gasteiger partial charge in [-0.05, 0) is 44.5 Å². The topological polar surface area (TPSA) is 49.9 Å². The second-order valence-corrected chi connectivity index (χ2v) is 4.95. The summed E-state index contributed by atoms with van der Waals surface area (Å²) in [6.45, 7) is 4.18. The minimum atomic E-state index is -0.0876. The van der Waals surface area contributed by atoms with Crippen molar-refractivity contribution in [2.24, 2.45) is 0 Å². The molecule has 1 aliphatic heterocycles. The first kappa shape index (κ1) is 10.6. The van der Waals surface area contributed by atoms with Gasteiger partial charge in [-0.2, -0.15) is 5.10 Å². The summed E-state index contributed by atoms with van der Waals surface area (Å²) in [6, 6.07) is 6.05. The van der Waals surface area contributed by atoms with Crippen molar-refractivity contribution < 1.29 is 4.74 Å². The Balaban J connectivity index is 1.83. The zero-order chi connectivity index (χ0) is 11.7. The van der Waals surface area contributed by atoms with Crippen molar-refractivity contribution in [3.63, 3.8) is 0 Å². The molecule has 0 bridgehead atoms. The van der Waals surface area contributed by atoms with Gasteiger partial charge in [0.1, 0.15) is 11.4 Å². The third kappa shape index (κ3) is 2.13. The van der Waals surface area contributed by atoms with E-state index in [9.17, 15) is 0 Å². The van der Waals surface area contributed by atoms with Gasteiger partial charge in [0, 0.05) is 11.9 Å². The highest BCUT2D eigenvalue weighted by Gasteiger charge is 2.28. The number of fused-ring (bicyclic) bond motifs is 1. The Kier molecular flexibility index (Phi) is 2.52. The van der Waals surface area contributed by atoms with Crippen LogP contribution in [0.2, 0.25) is 0 Å². The van der Waals surface area contributed by atoms with Gasteiger partial charge in [-0.1, -0.05) is 0 Å². The molecule has 0 saturated carbocycles. The number of aromatic nitrogens is 2. The first-order chi connectivity index (χ1) is 8.25. The molecule has 1 unspecified atom stereocenters. The molecule has 1 saturated heterocycles.